The minimum absolute atomic E-state index is 0.00127. The van der Waals surface area contributed by atoms with Crippen LogP contribution in [-0.2, 0) is 9.59 Å². The molecule has 1 aliphatic rings. The maximum absolute atomic E-state index is 11.3. The molecule has 1 heterocycles. The summed E-state index contributed by atoms with van der Waals surface area (Å²) < 4.78 is 0. The molecule has 0 aromatic rings. The molecule has 0 aromatic carbocycles. The largest absolute Gasteiger partial charge is 0.355 e. The van der Waals surface area contributed by atoms with Gasteiger partial charge >= 0.3 is 0 Å². The van der Waals surface area contributed by atoms with Gasteiger partial charge in [0.25, 0.3) is 0 Å². The van der Waals surface area contributed by atoms with Gasteiger partial charge in [-0.05, 0) is 6.92 Å². The second-order valence-corrected chi connectivity index (χ2v) is 6.13. The van der Waals surface area contributed by atoms with Crippen LogP contribution in [0.1, 0.15) is 19.8 Å². The Labute approximate surface area is 99.1 Å². The third-order valence-electron chi connectivity index (χ3n) is 2.12. The first-order valence-corrected chi connectivity index (χ1v) is 7.34. The normalized spacial score (nSPS) is 21.0. The molecule has 1 amide bonds. The van der Waals surface area contributed by atoms with E-state index in [-0.39, 0.29) is 11.7 Å². The lowest BCUT2D eigenvalue weighted by molar-refractivity contribution is -0.124. The third-order valence-corrected chi connectivity index (χ3v) is 4.96. The van der Waals surface area contributed by atoms with E-state index in [2.05, 4.69) is 5.32 Å². The number of ketones is 1. The average molecular weight is 247 g/mol. The molecular weight excluding hydrogens is 230 g/mol. The van der Waals surface area contributed by atoms with Crippen molar-refractivity contribution in [2.24, 2.45) is 0 Å². The van der Waals surface area contributed by atoms with E-state index in [1.54, 1.807) is 0 Å². The number of nitrogens with one attached hydrogen (secondary N) is 1. The van der Waals surface area contributed by atoms with E-state index in [9.17, 15) is 9.59 Å². The zero-order valence-corrected chi connectivity index (χ0v) is 10.6. The lowest BCUT2D eigenvalue weighted by Crippen LogP contribution is -2.33. The van der Waals surface area contributed by atoms with E-state index in [0.717, 1.165) is 12.3 Å². The molecule has 1 aliphatic heterocycles. The van der Waals surface area contributed by atoms with Crippen molar-refractivity contribution >= 4 is 35.2 Å². The van der Waals surface area contributed by atoms with Crippen LogP contribution in [0.5, 0.6) is 0 Å². The second kappa shape index (κ2) is 7.17. The van der Waals surface area contributed by atoms with Crippen LogP contribution in [0, 0.1) is 0 Å². The summed E-state index contributed by atoms with van der Waals surface area (Å²) in [6.45, 7) is 2.26. The Balaban J connectivity index is 2.07. The molecule has 0 aliphatic carbocycles. The van der Waals surface area contributed by atoms with E-state index in [0.29, 0.717) is 18.1 Å². The first-order chi connectivity index (χ1) is 7.18. The van der Waals surface area contributed by atoms with Gasteiger partial charge in [-0.1, -0.05) is 0 Å². The Kier molecular flexibility index (Phi) is 6.17. The fraction of sp³-hybridized carbons (Fsp3) is 0.800. The van der Waals surface area contributed by atoms with E-state index in [4.69, 9.17) is 0 Å². The molecule has 1 unspecified atom stereocenters. The number of carbonyl (C=O) groups is 2. The smallest absolute Gasteiger partial charge is 0.220 e. The van der Waals surface area contributed by atoms with Gasteiger partial charge in [-0.3, -0.25) is 4.79 Å². The highest BCUT2D eigenvalue weighted by atomic mass is 32.2. The molecule has 0 radical (unpaired) electrons. The first-order valence-electron chi connectivity index (χ1n) is 5.14. The summed E-state index contributed by atoms with van der Waals surface area (Å²) in [5.41, 5.74) is 0. The van der Waals surface area contributed by atoms with Crippen LogP contribution < -0.4 is 5.32 Å². The molecule has 1 saturated heterocycles. The highest BCUT2D eigenvalue weighted by molar-refractivity contribution is 8.06. The van der Waals surface area contributed by atoms with Crippen LogP contribution in [0.4, 0.5) is 0 Å². The summed E-state index contributed by atoms with van der Waals surface area (Å²) in [6.07, 6.45) is 0.693. The van der Waals surface area contributed by atoms with Crippen molar-refractivity contribution in [1.82, 2.24) is 5.32 Å². The monoisotopic (exact) mass is 247 g/mol. The molecule has 1 atom stereocenters. The SMILES string of the molecule is CC(=O)CCC(=O)NCC1CSCCS1. The van der Waals surface area contributed by atoms with Gasteiger partial charge in [0.2, 0.25) is 5.91 Å². The Hall–Kier alpha value is -0.160. The van der Waals surface area contributed by atoms with Gasteiger partial charge in [-0.25, -0.2) is 0 Å². The van der Waals surface area contributed by atoms with Crippen molar-refractivity contribution in [2.45, 2.75) is 25.0 Å². The number of thioether (sulfide) groups is 2. The van der Waals surface area contributed by atoms with E-state index < -0.39 is 0 Å². The van der Waals surface area contributed by atoms with Crippen molar-refractivity contribution in [3.05, 3.63) is 0 Å². The molecule has 1 fully saturated rings. The summed E-state index contributed by atoms with van der Waals surface area (Å²) >= 11 is 3.87. The Morgan fingerprint density at radius 3 is 2.73 bits per heavy atom. The van der Waals surface area contributed by atoms with Crippen LogP contribution in [0.2, 0.25) is 0 Å². The van der Waals surface area contributed by atoms with E-state index in [1.165, 1.54) is 18.4 Å². The minimum atomic E-state index is 0.00127. The van der Waals surface area contributed by atoms with Gasteiger partial charge in [0.1, 0.15) is 5.78 Å². The second-order valence-electron chi connectivity index (χ2n) is 3.57. The van der Waals surface area contributed by atoms with Crippen molar-refractivity contribution in [3.8, 4) is 0 Å². The van der Waals surface area contributed by atoms with Crippen LogP contribution in [-0.4, -0.2) is 40.7 Å². The Bertz CT molecular complexity index is 227. The van der Waals surface area contributed by atoms with Gasteiger partial charge in [0.05, 0.1) is 0 Å². The zero-order chi connectivity index (χ0) is 11.1. The predicted molar refractivity (Wildman–Crippen MR) is 66.5 cm³/mol. The molecule has 86 valence electrons. The van der Waals surface area contributed by atoms with Crippen molar-refractivity contribution in [3.63, 3.8) is 0 Å². The van der Waals surface area contributed by atoms with Crippen LogP contribution in [0.15, 0.2) is 0 Å². The van der Waals surface area contributed by atoms with Crippen molar-refractivity contribution in [1.29, 1.82) is 0 Å². The summed E-state index contributed by atoms with van der Waals surface area (Å²) in [6, 6.07) is 0. The molecule has 1 rings (SSSR count). The maximum Gasteiger partial charge on any atom is 0.220 e. The van der Waals surface area contributed by atoms with Gasteiger partial charge in [0, 0.05) is 41.9 Å². The lowest BCUT2D eigenvalue weighted by atomic mass is 10.2. The van der Waals surface area contributed by atoms with Gasteiger partial charge < -0.3 is 10.1 Å². The van der Waals surface area contributed by atoms with Crippen molar-refractivity contribution < 1.29 is 9.59 Å². The summed E-state index contributed by atoms with van der Waals surface area (Å²) in [7, 11) is 0. The number of amides is 1. The maximum atomic E-state index is 11.3. The van der Waals surface area contributed by atoms with Gasteiger partial charge in [-0.15, -0.1) is 0 Å². The standard InChI is InChI=1S/C10H17NO2S2/c1-8(12)2-3-10(13)11-6-9-7-14-4-5-15-9/h9H,2-7H2,1H3,(H,11,13). The quantitative estimate of drug-likeness (QED) is 0.796. The molecule has 15 heavy (non-hydrogen) atoms. The molecule has 1 N–H and O–H groups in total. The van der Waals surface area contributed by atoms with Gasteiger partial charge in [0.15, 0.2) is 0 Å². The molecule has 0 saturated carbocycles. The summed E-state index contributed by atoms with van der Waals surface area (Å²) in [5.74, 6) is 3.60. The number of Topliss-reactive ketones (excluding diaryl/α,β-unsaturated/α-hetero) is 1. The fourth-order valence-electron chi connectivity index (χ4n) is 1.26. The number of rotatable bonds is 5. The number of hydrogen-bond donors (Lipinski definition) is 1. The third kappa shape index (κ3) is 6.10. The molecule has 3 nitrogen and oxygen atoms in total. The molecular formula is C10H17NO2S2. The molecule has 0 aromatic heterocycles. The average Bonchev–Trinajstić information content (AvgIpc) is 2.25. The highest BCUT2D eigenvalue weighted by Crippen LogP contribution is 2.23. The van der Waals surface area contributed by atoms with Crippen LogP contribution in [0.25, 0.3) is 0 Å². The Morgan fingerprint density at radius 2 is 2.13 bits per heavy atom. The predicted octanol–water partition coefficient (Wildman–Crippen LogP) is 1.32. The van der Waals surface area contributed by atoms with Crippen LogP contribution >= 0.6 is 23.5 Å². The van der Waals surface area contributed by atoms with Crippen LogP contribution in [0.3, 0.4) is 0 Å². The van der Waals surface area contributed by atoms with E-state index in [1.807, 2.05) is 23.5 Å². The number of carbonyl (C=O) groups excluding carboxylic acids is 2. The molecule has 0 bridgehead atoms. The molecule has 0 spiro atoms. The van der Waals surface area contributed by atoms with Crippen molar-refractivity contribution in [2.75, 3.05) is 23.8 Å². The highest BCUT2D eigenvalue weighted by Gasteiger charge is 2.14. The Morgan fingerprint density at radius 1 is 1.33 bits per heavy atom. The number of hydrogen-bond acceptors (Lipinski definition) is 4. The fourth-order valence-corrected chi connectivity index (χ4v) is 3.87. The van der Waals surface area contributed by atoms with E-state index >= 15 is 0 Å². The first kappa shape index (κ1) is 12.9. The zero-order valence-electron chi connectivity index (χ0n) is 8.95. The summed E-state index contributed by atoms with van der Waals surface area (Å²) in [4.78, 5) is 22.0. The molecule has 5 heteroatoms. The van der Waals surface area contributed by atoms with Gasteiger partial charge in [-0.2, -0.15) is 23.5 Å². The minimum Gasteiger partial charge on any atom is -0.355 e. The lowest BCUT2D eigenvalue weighted by Gasteiger charge is -2.21. The topological polar surface area (TPSA) is 46.2 Å². The summed E-state index contributed by atoms with van der Waals surface area (Å²) in [5, 5.41) is 3.43.